The van der Waals surface area contributed by atoms with E-state index in [2.05, 4.69) is 27.6 Å². The van der Waals surface area contributed by atoms with E-state index in [0.717, 1.165) is 17.7 Å². The van der Waals surface area contributed by atoms with Crippen LogP contribution in [0.15, 0.2) is 58.4 Å². The van der Waals surface area contributed by atoms with Gasteiger partial charge in [-0.05, 0) is 56.7 Å². The number of carbonyl (C=O) groups is 2. The van der Waals surface area contributed by atoms with Gasteiger partial charge in [0.1, 0.15) is 0 Å². The van der Waals surface area contributed by atoms with Crippen molar-refractivity contribution in [1.29, 1.82) is 0 Å². The van der Waals surface area contributed by atoms with Gasteiger partial charge in [0.15, 0.2) is 6.10 Å². The third-order valence-electron chi connectivity index (χ3n) is 5.36. The molecule has 2 unspecified atom stereocenters. The Bertz CT molecular complexity index is 1250. The van der Waals surface area contributed by atoms with Crippen LogP contribution in [0.25, 0.3) is 21.7 Å². The molecule has 0 spiro atoms. The first-order chi connectivity index (χ1) is 15.9. The van der Waals surface area contributed by atoms with Gasteiger partial charge in [-0.1, -0.05) is 41.6 Å². The quantitative estimate of drug-likeness (QED) is 0.372. The molecule has 2 atom stereocenters. The highest BCUT2D eigenvalue weighted by Crippen LogP contribution is 2.30. The van der Waals surface area contributed by atoms with Gasteiger partial charge < -0.3 is 14.6 Å². The molecule has 1 N–H and O–H groups in total. The van der Waals surface area contributed by atoms with Gasteiger partial charge in [0.25, 0.3) is 11.6 Å². The monoisotopic (exact) mass is 463 g/mol. The lowest BCUT2D eigenvalue weighted by Crippen LogP contribution is -2.41. The fraction of sp³-hybridized carbons (Fsp3) is 0.280. The summed E-state index contributed by atoms with van der Waals surface area (Å²) in [6, 6.07) is 15.5. The molecule has 0 saturated carbocycles. The van der Waals surface area contributed by atoms with Crippen molar-refractivity contribution >= 4 is 34.3 Å². The van der Waals surface area contributed by atoms with E-state index >= 15 is 0 Å². The molecule has 1 aromatic carbocycles. The van der Waals surface area contributed by atoms with Crippen LogP contribution >= 0.6 is 11.3 Å². The highest BCUT2D eigenvalue weighted by molar-refractivity contribution is 7.13. The molecule has 3 aromatic heterocycles. The van der Waals surface area contributed by atoms with Gasteiger partial charge in [-0.3, -0.25) is 4.79 Å². The average Bonchev–Trinajstić information content (AvgIpc) is 3.48. The van der Waals surface area contributed by atoms with Gasteiger partial charge in [-0.25, -0.2) is 9.78 Å². The lowest BCUT2D eigenvalue weighted by molar-refractivity contribution is -0.129. The first-order valence-electron chi connectivity index (χ1n) is 10.8. The Balaban J connectivity index is 1.44. The van der Waals surface area contributed by atoms with E-state index in [1.54, 1.807) is 19.9 Å². The molecule has 0 bridgehead atoms. The van der Waals surface area contributed by atoms with Gasteiger partial charge in [0.2, 0.25) is 0 Å². The van der Waals surface area contributed by atoms with Crippen LogP contribution in [0.5, 0.6) is 0 Å². The van der Waals surface area contributed by atoms with Crippen molar-refractivity contribution in [3.05, 3.63) is 70.7 Å². The van der Waals surface area contributed by atoms with Crippen molar-refractivity contribution in [2.24, 2.45) is 0 Å². The van der Waals surface area contributed by atoms with Crippen LogP contribution in [0.2, 0.25) is 0 Å². The normalized spacial score (nSPS) is 12.9. The fourth-order valence-electron chi connectivity index (χ4n) is 3.54. The number of ether oxygens (including phenoxy) is 1. The number of nitrogens with one attached hydrogen (secondary N) is 1. The Labute approximate surface area is 195 Å². The van der Waals surface area contributed by atoms with E-state index in [1.165, 1.54) is 16.9 Å². The Morgan fingerprint density at radius 2 is 1.94 bits per heavy atom. The smallest absolute Gasteiger partial charge is 0.339 e. The number of aromatic nitrogens is 2. The van der Waals surface area contributed by atoms with Crippen LogP contribution in [0.1, 0.15) is 41.9 Å². The summed E-state index contributed by atoms with van der Waals surface area (Å²) in [6.45, 7) is 5.24. The van der Waals surface area contributed by atoms with Crippen molar-refractivity contribution in [2.75, 3.05) is 0 Å². The predicted molar refractivity (Wildman–Crippen MR) is 127 cm³/mol. The maximum Gasteiger partial charge on any atom is 0.339 e. The van der Waals surface area contributed by atoms with Crippen LogP contribution in [-0.4, -0.2) is 34.2 Å². The molecular weight excluding hydrogens is 438 g/mol. The minimum absolute atomic E-state index is 0.0581. The van der Waals surface area contributed by atoms with Gasteiger partial charge in [0.05, 0.1) is 27.2 Å². The summed E-state index contributed by atoms with van der Waals surface area (Å²) in [6.07, 6.45) is 0.681. The second-order valence-electron chi connectivity index (χ2n) is 7.96. The van der Waals surface area contributed by atoms with Crippen LogP contribution in [0, 0.1) is 6.92 Å². The lowest BCUT2D eigenvalue weighted by Gasteiger charge is -2.18. The Hall–Kier alpha value is -3.52. The van der Waals surface area contributed by atoms with Crippen LogP contribution in [0.4, 0.5) is 0 Å². The van der Waals surface area contributed by atoms with Crippen LogP contribution < -0.4 is 5.32 Å². The van der Waals surface area contributed by atoms with E-state index in [4.69, 9.17) is 9.26 Å². The molecule has 0 aliphatic carbocycles. The van der Waals surface area contributed by atoms with Crippen LogP contribution in [-0.2, 0) is 16.0 Å². The molecule has 33 heavy (non-hydrogen) atoms. The zero-order chi connectivity index (χ0) is 23.4. The van der Waals surface area contributed by atoms with Crippen molar-refractivity contribution < 1.29 is 18.8 Å². The van der Waals surface area contributed by atoms with Gasteiger partial charge >= 0.3 is 5.97 Å². The largest absolute Gasteiger partial charge is 0.449 e. The number of thiophene rings is 1. The maximum absolute atomic E-state index is 13.0. The maximum atomic E-state index is 13.0. The average molecular weight is 464 g/mol. The molecule has 1 amide bonds. The first-order valence-corrected chi connectivity index (χ1v) is 11.7. The summed E-state index contributed by atoms with van der Waals surface area (Å²) in [5.41, 5.74) is 2.88. The van der Waals surface area contributed by atoms with Crippen molar-refractivity contribution in [3.63, 3.8) is 0 Å². The van der Waals surface area contributed by atoms with E-state index in [0.29, 0.717) is 16.8 Å². The molecule has 0 aliphatic heterocycles. The second-order valence-corrected chi connectivity index (χ2v) is 8.91. The third kappa shape index (κ3) is 5.28. The molecule has 4 rings (SSSR count). The standard InChI is InChI=1S/C25H25N3O4S/c1-15(11-12-18-8-5-4-6-9-18)26-23(29)17(3)31-25(30)19-14-20(21-10-7-13-33-21)27-24-22(19)16(2)28-32-24/h4-10,13-15,17H,11-12H2,1-3H3,(H,26,29). The number of fused-ring (bicyclic) bond motifs is 1. The topological polar surface area (TPSA) is 94.3 Å². The van der Waals surface area contributed by atoms with Crippen molar-refractivity contribution in [2.45, 2.75) is 45.8 Å². The number of pyridine rings is 1. The SMILES string of the molecule is Cc1noc2nc(-c3cccs3)cc(C(=O)OC(C)C(=O)NC(C)CCc3ccccc3)c12. The van der Waals surface area contributed by atoms with E-state index in [9.17, 15) is 9.59 Å². The fourth-order valence-corrected chi connectivity index (χ4v) is 4.23. The Morgan fingerprint density at radius 3 is 2.67 bits per heavy atom. The molecule has 4 aromatic rings. The highest BCUT2D eigenvalue weighted by atomic mass is 32.1. The number of benzene rings is 1. The van der Waals surface area contributed by atoms with E-state index in [-0.39, 0.29) is 23.2 Å². The van der Waals surface area contributed by atoms with Crippen LogP contribution in [0.3, 0.4) is 0 Å². The van der Waals surface area contributed by atoms with E-state index in [1.807, 2.05) is 42.6 Å². The number of amides is 1. The molecule has 7 nitrogen and oxygen atoms in total. The molecule has 0 aliphatic rings. The van der Waals surface area contributed by atoms with Gasteiger partial charge in [0, 0.05) is 6.04 Å². The minimum atomic E-state index is -0.953. The molecular formula is C25H25N3O4S. The number of hydrogen-bond acceptors (Lipinski definition) is 7. The molecule has 0 radical (unpaired) electrons. The van der Waals surface area contributed by atoms with Gasteiger partial charge in [-0.15, -0.1) is 11.3 Å². The summed E-state index contributed by atoms with van der Waals surface area (Å²) >= 11 is 1.50. The van der Waals surface area contributed by atoms with E-state index < -0.39 is 12.1 Å². The number of carbonyl (C=O) groups excluding carboxylic acids is 2. The highest BCUT2D eigenvalue weighted by Gasteiger charge is 2.25. The zero-order valence-corrected chi connectivity index (χ0v) is 19.5. The van der Waals surface area contributed by atoms with Crippen molar-refractivity contribution in [1.82, 2.24) is 15.5 Å². The molecule has 0 saturated heterocycles. The number of hydrogen-bond donors (Lipinski definition) is 1. The number of aryl methyl sites for hydroxylation is 2. The summed E-state index contributed by atoms with van der Waals surface area (Å²) in [5.74, 6) is -0.958. The zero-order valence-electron chi connectivity index (χ0n) is 18.7. The number of nitrogens with zero attached hydrogens (tertiary/aromatic N) is 2. The summed E-state index contributed by atoms with van der Waals surface area (Å²) in [7, 11) is 0. The van der Waals surface area contributed by atoms with Crippen molar-refractivity contribution in [3.8, 4) is 10.6 Å². The first kappa shape index (κ1) is 22.7. The van der Waals surface area contributed by atoms with Gasteiger partial charge in [-0.2, -0.15) is 0 Å². The molecule has 0 fully saturated rings. The molecule has 170 valence electrons. The minimum Gasteiger partial charge on any atom is -0.449 e. The molecule has 3 heterocycles. The third-order valence-corrected chi connectivity index (χ3v) is 6.25. The molecule has 8 heteroatoms. The summed E-state index contributed by atoms with van der Waals surface area (Å²) in [4.78, 5) is 31.0. The number of rotatable bonds is 8. The Morgan fingerprint density at radius 1 is 1.15 bits per heavy atom. The summed E-state index contributed by atoms with van der Waals surface area (Å²) < 4.78 is 10.8. The predicted octanol–water partition coefficient (Wildman–Crippen LogP) is 4.94. The number of esters is 1. The summed E-state index contributed by atoms with van der Waals surface area (Å²) in [5, 5.41) is 9.28. The Kier molecular flexibility index (Phi) is 6.84. The lowest BCUT2D eigenvalue weighted by atomic mass is 10.1. The second kappa shape index (κ2) is 9.95.